The van der Waals surface area contributed by atoms with E-state index in [1.54, 1.807) is 55.5 Å². The molecule has 0 bridgehead atoms. The maximum Gasteiger partial charge on any atom is 0.339 e. The van der Waals surface area contributed by atoms with Gasteiger partial charge in [-0.05, 0) is 31.2 Å². The van der Waals surface area contributed by atoms with Gasteiger partial charge in [0.2, 0.25) is 0 Å². The number of esters is 1. The number of hydrogen-bond acceptors (Lipinski definition) is 7. The van der Waals surface area contributed by atoms with Crippen molar-refractivity contribution >= 4 is 29.5 Å². The molecule has 1 amide bonds. The fourth-order valence-electron chi connectivity index (χ4n) is 2.30. The summed E-state index contributed by atoms with van der Waals surface area (Å²) < 4.78 is 9.97. The van der Waals surface area contributed by atoms with Crippen LogP contribution in [-0.2, 0) is 9.53 Å². The largest absolute Gasteiger partial charge is 0.452 e. The molecule has 0 saturated carbocycles. The van der Waals surface area contributed by atoms with Gasteiger partial charge in [0.25, 0.3) is 5.91 Å². The van der Waals surface area contributed by atoms with Crippen LogP contribution in [0.4, 0.5) is 5.82 Å². The Kier molecular flexibility index (Phi) is 6.09. The zero-order valence-corrected chi connectivity index (χ0v) is 15.7. The molecule has 1 N–H and O–H groups in total. The molecule has 3 rings (SSSR count). The van der Waals surface area contributed by atoms with Gasteiger partial charge >= 0.3 is 5.97 Å². The molecule has 0 unspecified atom stereocenters. The van der Waals surface area contributed by atoms with E-state index in [2.05, 4.69) is 16.5 Å². The van der Waals surface area contributed by atoms with Crippen molar-refractivity contribution < 1.29 is 18.8 Å². The Labute approximate surface area is 165 Å². The molecule has 28 heavy (non-hydrogen) atoms. The third kappa shape index (κ3) is 4.78. The Morgan fingerprint density at radius 2 is 1.89 bits per heavy atom. The standard InChI is InChI=1S/C20H15N3O4S/c1-13-10-18(23-27-13)22-19(24)12-26-20(25)15-7-3-5-9-17(15)28-16-8-4-2-6-14(16)11-21/h2-10H,12H2,1H3,(H,22,23,24). The van der Waals surface area contributed by atoms with Crippen LogP contribution in [0.5, 0.6) is 0 Å². The summed E-state index contributed by atoms with van der Waals surface area (Å²) in [6, 6.07) is 17.6. The number of ether oxygens (including phenoxy) is 1. The van der Waals surface area contributed by atoms with Gasteiger partial charge in [-0.2, -0.15) is 5.26 Å². The molecule has 0 saturated heterocycles. The molecule has 7 nitrogen and oxygen atoms in total. The number of amides is 1. The van der Waals surface area contributed by atoms with Crippen LogP contribution in [0.3, 0.4) is 0 Å². The Morgan fingerprint density at radius 1 is 1.18 bits per heavy atom. The van der Waals surface area contributed by atoms with Crippen molar-refractivity contribution in [2.45, 2.75) is 16.7 Å². The van der Waals surface area contributed by atoms with E-state index in [1.165, 1.54) is 11.8 Å². The van der Waals surface area contributed by atoms with Gasteiger partial charge in [-0.3, -0.25) is 4.79 Å². The monoisotopic (exact) mass is 393 g/mol. The SMILES string of the molecule is Cc1cc(NC(=O)COC(=O)c2ccccc2Sc2ccccc2C#N)no1. The summed E-state index contributed by atoms with van der Waals surface area (Å²) in [5.41, 5.74) is 0.822. The number of anilines is 1. The van der Waals surface area contributed by atoms with Gasteiger partial charge in [0.1, 0.15) is 11.8 Å². The summed E-state index contributed by atoms with van der Waals surface area (Å²) in [6.07, 6.45) is 0. The highest BCUT2D eigenvalue weighted by atomic mass is 32.2. The van der Waals surface area contributed by atoms with E-state index in [1.807, 2.05) is 6.07 Å². The second-order valence-corrected chi connectivity index (χ2v) is 6.74. The summed E-state index contributed by atoms with van der Waals surface area (Å²) in [4.78, 5) is 25.7. The van der Waals surface area contributed by atoms with Crippen molar-refractivity contribution in [2.24, 2.45) is 0 Å². The summed E-state index contributed by atoms with van der Waals surface area (Å²) in [7, 11) is 0. The molecule has 0 fully saturated rings. The highest BCUT2D eigenvalue weighted by molar-refractivity contribution is 7.99. The van der Waals surface area contributed by atoms with Crippen LogP contribution in [0.15, 0.2) is 68.9 Å². The highest BCUT2D eigenvalue weighted by Crippen LogP contribution is 2.32. The van der Waals surface area contributed by atoms with Gasteiger partial charge in [0.15, 0.2) is 12.4 Å². The minimum absolute atomic E-state index is 0.252. The Morgan fingerprint density at radius 3 is 2.61 bits per heavy atom. The van der Waals surface area contributed by atoms with Crippen molar-refractivity contribution in [3.05, 3.63) is 71.5 Å². The van der Waals surface area contributed by atoms with Crippen molar-refractivity contribution in [1.82, 2.24) is 5.16 Å². The number of rotatable bonds is 6. The van der Waals surface area contributed by atoms with Crippen LogP contribution in [0.25, 0.3) is 0 Å². The first-order valence-electron chi connectivity index (χ1n) is 8.23. The van der Waals surface area contributed by atoms with E-state index in [9.17, 15) is 14.9 Å². The molecule has 0 atom stereocenters. The van der Waals surface area contributed by atoms with E-state index in [0.29, 0.717) is 21.8 Å². The molecule has 1 aromatic heterocycles. The van der Waals surface area contributed by atoms with Crippen molar-refractivity contribution in [3.8, 4) is 6.07 Å². The zero-order chi connectivity index (χ0) is 19.9. The van der Waals surface area contributed by atoms with Gasteiger partial charge in [-0.25, -0.2) is 4.79 Å². The molecule has 0 spiro atoms. The van der Waals surface area contributed by atoms with Crippen LogP contribution in [0.2, 0.25) is 0 Å². The van der Waals surface area contributed by atoms with E-state index < -0.39 is 18.5 Å². The second-order valence-electron chi connectivity index (χ2n) is 5.65. The number of aromatic nitrogens is 1. The van der Waals surface area contributed by atoms with Crippen molar-refractivity contribution in [1.29, 1.82) is 5.26 Å². The number of carbonyl (C=O) groups is 2. The Bertz CT molecular complexity index is 1060. The van der Waals surface area contributed by atoms with E-state index in [0.717, 1.165) is 4.90 Å². The first-order valence-corrected chi connectivity index (χ1v) is 9.05. The minimum atomic E-state index is -0.635. The van der Waals surface area contributed by atoms with E-state index >= 15 is 0 Å². The smallest absolute Gasteiger partial charge is 0.339 e. The third-order valence-electron chi connectivity index (χ3n) is 3.56. The minimum Gasteiger partial charge on any atom is -0.452 e. The average Bonchev–Trinajstić information content (AvgIpc) is 3.11. The van der Waals surface area contributed by atoms with Crippen LogP contribution >= 0.6 is 11.8 Å². The predicted octanol–water partition coefficient (Wildman–Crippen LogP) is 3.80. The number of nitriles is 1. The lowest BCUT2D eigenvalue weighted by Crippen LogP contribution is -2.21. The molecule has 0 aliphatic rings. The van der Waals surface area contributed by atoms with Gasteiger partial charge in [-0.1, -0.05) is 41.2 Å². The maximum absolute atomic E-state index is 12.5. The van der Waals surface area contributed by atoms with Gasteiger partial charge < -0.3 is 14.6 Å². The molecule has 140 valence electrons. The molecular formula is C20H15N3O4S. The van der Waals surface area contributed by atoms with Crippen LogP contribution < -0.4 is 5.32 Å². The fourth-order valence-corrected chi connectivity index (χ4v) is 3.32. The number of aryl methyl sites for hydroxylation is 1. The average molecular weight is 393 g/mol. The van der Waals surface area contributed by atoms with Crippen molar-refractivity contribution in [2.75, 3.05) is 11.9 Å². The number of nitrogens with zero attached hydrogens (tertiary/aromatic N) is 2. The summed E-state index contributed by atoms with van der Waals surface area (Å²) in [5.74, 6) is -0.357. The van der Waals surface area contributed by atoms with Gasteiger partial charge in [0, 0.05) is 15.9 Å². The Balaban J connectivity index is 1.67. The predicted molar refractivity (Wildman–Crippen MR) is 102 cm³/mol. The molecule has 0 aliphatic carbocycles. The molecule has 0 aliphatic heterocycles. The quantitative estimate of drug-likeness (QED) is 0.635. The summed E-state index contributed by atoms with van der Waals surface area (Å²) in [5, 5.41) is 15.3. The van der Waals surface area contributed by atoms with E-state index in [-0.39, 0.29) is 5.82 Å². The lowest BCUT2D eigenvalue weighted by molar-refractivity contribution is -0.119. The summed E-state index contributed by atoms with van der Waals surface area (Å²) >= 11 is 1.29. The lowest BCUT2D eigenvalue weighted by Gasteiger charge is -2.10. The molecular weight excluding hydrogens is 378 g/mol. The van der Waals surface area contributed by atoms with Crippen molar-refractivity contribution in [3.63, 3.8) is 0 Å². The molecule has 2 aromatic carbocycles. The van der Waals surface area contributed by atoms with Crippen LogP contribution in [0.1, 0.15) is 21.7 Å². The number of carbonyl (C=O) groups excluding carboxylic acids is 2. The molecule has 3 aromatic rings. The molecule has 8 heteroatoms. The topological polar surface area (TPSA) is 105 Å². The second kappa shape index (κ2) is 8.88. The first-order chi connectivity index (χ1) is 13.6. The Hall–Kier alpha value is -3.57. The highest BCUT2D eigenvalue weighted by Gasteiger charge is 2.16. The van der Waals surface area contributed by atoms with E-state index in [4.69, 9.17) is 9.26 Å². The fraction of sp³-hybridized carbons (Fsp3) is 0.100. The first kappa shape index (κ1) is 19.2. The van der Waals surface area contributed by atoms with Crippen LogP contribution in [-0.4, -0.2) is 23.6 Å². The number of benzene rings is 2. The normalized spacial score (nSPS) is 10.1. The third-order valence-corrected chi connectivity index (χ3v) is 4.72. The maximum atomic E-state index is 12.5. The zero-order valence-electron chi connectivity index (χ0n) is 14.8. The lowest BCUT2D eigenvalue weighted by atomic mass is 10.2. The number of hydrogen-bond donors (Lipinski definition) is 1. The summed E-state index contributed by atoms with van der Waals surface area (Å²) in [6.45, 7) is 1.24. The van der Waals surface area contributed by atoms with Gasteiger partial charge in [0.05, 0.1) is 11.1 Å². The van der Waals surface area contributed by atoms with Crippen LogP contribution in [0, 0.1) is 18.3 Å². The molecule has 0 radical (unpaired) electrons. The van der Waals surface area contributed by atoms with Gasteiger partial charge in [-0.15, -0.1) is 0 Å². The molecule has 1 heterocycles. The number of nitrogens with one attached hydrogen (secondary N) is 1.